The van der Waals surface area contributed by atoms with Crippen LogP contribution in [0.1, 0.15) is 15.5 Å². The molecule has 2 heterocycles. The molecule has 3 rings (SSSR count). The number of aromatic nitrogens is 2. The topological polar surface area (TPSA) is 85.0 Å². The van der Waals surface area contributed by atoms with Gasteiger partial charge in [0, 0.05) is 0 Å². The molecule has 0 atom stereocenters. The Morgan fingerprint density at radius 2 is 2.12 bits per heavy atom. The summed E-state index contributed by atoms with van der Waals surface area (Å²) in [4.78, 5) is 29.2. The van der Waals surface area contributed by atoms with Crippen LogP contribution in [-0.4, -0.2) is 15.5 Å². The molecule has 0 aliphatic heterocycles. The summed E-state index contributed by atoms with van der Waals surface area (Å²) < 4.78 is 6.88. The van der Waals surface area contributed by atoms with E-state index in [0.717, 1.165) is 11.3 Å². The summed E-state index contributed by atoms with van der Waals surface area (Å²) in [7, 11) is 0. The zero-order chi connectivity index (χ0) is 17.1. The smallest absolute Gasteiger partial charge is 0.348 e. The summed E-state index contributed by atoms with van der Waals surface area (Å²) in [5, 5.41) is 9.35. The quantitative estimate of drug-likeness (QED) is 0.668. The number of thiophene rings is 1. The predicted octanol–water partition coefficient (Wildman–Crippen LogP) is 2.99. The third-order valence-corrected chi connectivity index (χ3v) is 4.49. The van der Waals surface area contributed by atoms with Crippen molar-refractivity contribution in [3.63, 3.8) is 0 Å². The second-order valence-corrected chi connectivity index (χ2v) is 6.49. The van der Waals surface area contributed by atoms with Gasteiger partial charge in [-0.25, -0.2) is 9.78 Å². The van der Waals surface area contributed by atoms with E-state index in [1.807, 2.05) is 6.07 Å². The van der Waals surface area contributed by atoms with Crippen LogP contribution in [-0.2, 0) is 17.9 Å². The Bertz CT molecular complexity index is 1020. The van der Waals surface area contributed by atoms with Crippen LogP contribution < -0.4 is 5.56 Å². The summed E-state index contributed by atoms with van der Waals surface area (Å²) in [5.41, 5.74) is 0.147. The molecule has 0 fully saturated rings. The molecule has 0 bridgehead atoms. The Hall–Kier alpha value is -2.69. The lowest BCUT2D eigenvalue weighted by atomic mass is 10.2. The van der Waals surface area contributed by atoms with Crippen molar-refractivity contribution in [2.75, 3.05) is 0 Å². The highest BCUT2D eigenvalue weighted by Crippen LogP contribution is 2.22. The molecule has 0 spiro atoms. The van der Waals surface area contributed by atoms with E-state index >= 15 is 0 Å². The number of hydrogen-bond donors (Lipinski definition) is 0. The van der Waals surface area contributed by atoms with Crippen molar-refractivity contribution >= 4 is 39.8 Å². The minimum absolute atomic E-state index is 0.172. The lowest BCUT2D eigenvalue weighted by Crippen LogP contribution is -2.26. The van der Waals surface area contributed by atoms with Crippen molar-refractivity contribution in [2.45, 2.75) is 13.2 Å². The van der Waals surface area contributed by atoms with Crippen molar-refractivity contribution in [3.05, 3.63) is 61.8 Å². The SMILES string of the molecule is N#CCn1c(COC(=O)c2ccc(Cl)s2)nc2ccccc2c1=O. The molecule has 24 heavy (non-hydrogen) atoms. The number of nitrogens with zero attached hydrogens (tertiary/aromatic N) is 3. The molecule has 0 aliphatic carbocycles. The summed E-state index contributed by atoms with van der Waals surface area (Å²) >= 11 is 6.89. The molecule has 0 radical (unpaired) electrons. The van der Waals surface area contributed by atoms with Crippen LogP contribution in [0, 0.1) is 11.3 Å². The number of nitriles is 1. The van der Waals surface area contributed by atoms with Crippen LogP contribution in [0.25, 0.3) is 10.9 Å². The first-order valence-electron chi connectivity index (χ1n) is 6.88. The standard InChI is InChI=1S/C16H10ClN3O3S/c17-13-6-5-12(24-13)16(22)23-9-14-19-11-4-2-1-3-10(11)15(21)20(14)8-7-18/h1-6H,8-9H2. The number of halogens is 1. The van der Waals surface area contributed by atoms with E-state index in [-0.39, 0.29) is 24.5 Å². The van der Waals surface area contributed by atoms with Crippen LogP contribution in [0.15, 0.2) is 41.2 Å². The van der Waals surface area contributed by atoms with Crippen molar-refractivity contribution in [2.24, 2.45) is 0 Å². The second kappa shape index (κ2) is 6.83. The van der Waals surface area contributed by atoms with Gasteiger partial charge in [0.2, 0.25) is 0 Å². The molecule has 0 unspecified atom stereocenters. The number of carbonyl (C=O) groups is 1. The molecule has 6 nitrogen and oxygen atoms in total. The maximum Gasteiger partial charge on any atom is 0.348 e. The van der Waals surface area contributed by atoms with E-state index in [2.05, 4.69) is 4.98 Å². The Morgan fingerprint density at radius 1 is 1.33 bits per heavy atom. The van der Waals surface area contributed by atoms with Gasteiger partial charge in [0.1, 0.15) is 18.0 Å². The van der Waals surface area contributed by atoms with E-state index < -0.39 is 5.97 Å². The summed E-state index contributed by atoms with van der Waals surface area (Å²) in [6.45, 7) is -0.384. The summed E-state index contributed by atoms with van der Waals surface area (Å²) in [5.74, 6) is -0.339. The molecular weight excluding hydrogens is 350 g/mol. The number of para-hydroxylation sites is 1. The van der Waals surface area contributed by atoms with Gasteiger partial charge in [-0.1, -0.05) is 23.7 Å². The van der Waals surface area contributed by atoms with Crippen LogP contribution in [0.4, 0.5) is 0 Å². The van der Waals surface area contributed by atoms with Gasteiger partial charge < -0.3 is 4.74 Å². The third kappa shape index (κ3) is 3.15. The predicted molar refractivity (Wildman–Crippen MR) is 90.1 cm³/mol. The Balaban J connectivity index is 1.93. The number of hydrogen-bond acceptors (Lipinski definition) is 6. The molecule has 2 aromatic heterocycles. The number of ether oxygens (including phenoxy) is 1. The number of fused-ring (bicyclic) bond motifs is 1. The van der Waals surface area contributed by atoms with Gasteiger partial charge in [-0.05, 0) is 24.3 Å². The fourth-order valence-corrected chi connectivity index (χ4v) is 3.12. The fourth-order valence-electron chi connectivity index (χ4n) is 2.18. The minimum Gasteiger partial charge on any atom is -0.453 e. The summed E-state index contributed by atoms with van der Waals surface area (Å²) in [6, 6.07) is 11.9. The molecule has 0 N–H and O–H groups in total. The molecule has 3 aromatic rings. The lowest BCUT2D eigenvalue weighted by Gasteiger charge is -2.10. The van der Waals surface area contributed by atoms with Gasteiger partial charge in [-0.2, -0.15) is 5.26 Å². The van der Waals surface area contributed by atoms with Gasteiger partial charge in [0.15, 0.2) is 5.82 Å². The minimum atomic E-state index is -0.558. The van der Waals surface area contributed by atoms with Crippen LogP contribution in [0.5, 0.6) is 0 Å². The van der Waals surface area contributed by atoms with Crippen molar-refractivity contribution in [3.8, 4) is 6.07 Å². The highest BCUT2D eigenvalue weighted by Gasteiger charge is 2.15. The first kappa shape index (κ1) is 16.2. The molecule has 0 saturated carbocycles. The third-order valence-electron chi connectivity index (χ3n) is 3.28. The molecule has 0 aliphatic rings. The molecular formula is C16H10ClN3O3S. The van der Waals surface area contributed by atoms with Crippen LogP contribution in [0.2, 0.25) is 4.34 Å². The maximum absolute atomic E-state index is 12.5. The summed E-state index contributed by atoms with van der Waals surface area (Å²) in [6.07, 6.45) is 0. The Morgan fingerprint density at radius 3 is 2.83 bits per heavy atom. The molecule has 0 saturated heterocycles. The Kier molecular flexibility index (Phi) is 4.60. The molecule has 120 valence electrons. The van der Waals surface area contributed by atoms with E-state index in [4.69, 9.17) is 21.6 Å². The van der Waals surface area contributed by atoms with Crippen molar-refractivity contribution in [1.82, 2.24) is 9.55 Å². The normalized spacial score (nSPS) is 10.5. The van der Waals surface area contributed by atoms with Crippen molar-refractivity contribution in [1.29, 1.82) is 5.26 Å². The van der Waals surface area contributed by atoms with Gasteiger partial charge in [0.25, 0.3) is 5.56 Å². The van der Waals surface area contributed by atoms with E-state index in [9.17, 15) is 9.59 Å². The second-order valence-electron chi connectivity index (χ2n) is 4.77. The average molecular weight is 360 g/mol. The lowest BCUT2D eigenvalue weighted by molar-refractivity contribution is 0.0463. The molecule has 8 heteroatoms. The van der Waals surface area contributed by atoms with Crippen LogP contribution in [0.3, 0.4) is 0 Å². The zero-order valence-corrected chi connectivity index (χ0v) is 13.8. The number of esters is 1. The van der Waals surface area contributed by atoms with Gasteiger partial charge in [-0.15, -0.1) is 11.3 Å². The van der Waals surface area contributed by atoms with E-state index in [1.165, 1.54) is 4.57 Å². The highest BCUT2D eigenvalue weighted by molar-refractivity contribution is 7.17. The van der Waals surface area contributed by atoms with E-state index in [0.29, 0.717) is 20.1 Å². The van der Waals surface area contributed by atoms with Crippen LogP contribution >= 0.6 is 22.9 Å². The van der Waals surface area contributed by atoms with E-state index in [1.54, 1.807) is 36.4 Å². The maximum atomic E-state index is 12.5. The Labute approximate surface area is 145 Å². The number of rotatable bonds is 4. The molecule has 0 amide bonds. The average Bonchev–Trinajstić information content (AvgIpc) is 3.02. The monoisotopic (exact) mass is 359 g/mol. The van der Waals surface area contributed by atoms with Crippen molar-refractivity contribution < 1.29 is 9.53 Å². The zero-order valence-electron chi connectivity index (χ0n) is 12.2. The number of benzene rings is 1. The molecule has 1 aromatic carbocycles. The largest absolute Gasteiger partial charge is 0.453 e. The van der Waals surface area contributed by atoms with Gasteiger partial charge in [0.05, 0.1) is 21.3 Å². The van der Waals surface area contributed by atoms with Gasteiger partial charge >= 0.3 is 5.97 Å². The fraction of sp³-hybridized carbons (Fsp3) is 0.125. The van der Waals surface area contributed by atoms with Gasteiger partial charge in [-0.3, -0.25) is 9.36 Å². The number of carbonyl (C=O) groups excluding carboxylic acids is 1. The first-order valence-corrected chi connectivity index (χ1v) is 8.07. The first-order chi connectivity index (χ1) is 11.6. The highest BCUT2D eigenvalue weighted by atomic mass is 35.5.